The molecule has 1 heterocycles. The molecular weight excluding hydrogens is 323 g/mol. The SMILES string of the molecule is CCOC(=O)Cn1ccc(=O)c2cc(Cl)c(C(F)(F)F)cc21. The lowest BCUT2D eigenvalue weighted by atomic mass is 10.1. The maximum absolute atomic E-state index is 12.9. The molecule has 118 valence electrons. The highest BCUT2D eigenvalue weighted by atomic mass is 35.5. The number of ether oxygens (including phenoxy) is 1. The third-order valence-electron chi connectivity index (χ3n) is 2.98. The molecule has 2 aromatic rings. The summed E-state index contributed by atoms with van der Waals surface area (Å²) in [6.07, 6.45) is -3.42. The van der Waals surface area contributed by atoms with E-state index in [4.69, 9.17) is 16.3 Å². The van der Waals surface area contributed by atoms with Gasteiger partial charge in [0.25, 0.3) is 0 Å². The molecule has 2 rings (SSSR count). The zero-order chi connectivity index (χ0) is 16.5. The summed E-state index contributed by atoms with van der Waals surface area (Å²) in [5.74, 6) is -0.615. The monoisotopic (exact) mass is 333 g/mol. The van der Waals surface area contributed by atoms with Crippen LogP contribution in [0.25, 0.3) is 10.9 Å². The number of carbonyl (C=O) groups excluding carboxylic acids is 1. The Kier molecular flexibility index (Phi) is 4.46. The molecule has 0 bridgehead atoms. The van der Waals surface area contributed by atoms with Crippen molar-refractivity contribution in [3.05, 3.63) is 45.2 Å². The van der Waals surface area contributed by atoms with Gasteiger partial charge in [-0.1, -0.05) is 11.6 Å². The Bertz CT molecular complexity index is 783. The van der Waals surface area contributed by atoms with Crippen LogP contribution in [0.4, 0.5) is 13.2 Å². The number of alkyl halides is 3. The fraction of sp³-hybridized carbons (Fsp3) is 0.286. The Morgan fingerprint density at radius 2 is 2.05 bits per heavy atom. The molecule has 0 saturated carbocycles. The van der Waals surface area contributed by atoms with Gasteiger partial charge in [-0.15, -0.1) is 0 Å². The number of aromatic nitrogens is 1. The molecule has 0 amide bonds. The Hall–Kier alpha value is -2.02. The molecule has 0 aliphatic heterocycles. The van der Waals surface area contributed by atoms with Crippen LogP contribution in [0.5, 0.6) is 0 Å². The van der Waals surface area contributed by atoms with Crippen molar-refractivity contribution in [1.82, 2.24) is 4.57 Å². The third kappa shape index (κ3) is 3.24. The maximum Gasteiger partial charge on any atom is 0.417 e. The summed E-state index contributed by atoms with van der Waals surface area (Å²) < 4.78 is 44.8. The molecule has 4 nitrogen and oxygen atoms in total. The van der Waals surface area contributed by atoms with Gasteiger partial charge in [0.2, 0.25) is 0 Å². The van der Waals surface area contributed by atoms with Gasteiger partial charge in [-0.2, -0.15) is 13.2 Å². The molecule has 0 radical (unpaired) electrons. The van der Waals surface area contributed by atoms with Crippen LogP contribution in [-0.4, -0.2) is 17.1 Å². The summed E-state index contributed by atoms with van der Waals surface area (Å²) in [4.78, 5) is 23.3. The normalized spacial score (nSPS) is 11.7. The highest BCUT2D eigenvalue weighted by molar-refractivity contribution is 6.32. The van der Waals surface area contributed by atoms with E-state index in [1.54, 1.807) is 6.92 Å². The molecule has 1 aromatic heterocycles. The summed E-state index contributed by atoms with van der Waals surface area (Å²) >= 11 is 5.61. The van der Waals surface area contributed by atoms with Gasteiger partial charge in [-0.25, -0.2) is 0 Å². The van der Waals surface area contributed by atoms with Crippen molar-refractivity contribution < 1.29 is 22.7 Å². The van der Waals surface area contributed by atoms with E-state index in [-0.39, 0.29) is 24.1 Å². The molecule has 0 aliphatic rings. The number of hydrogen-bond acceptors (Lipinski definition) is 3. The second-order valence-electron chi connectivity index (χ2n) is 4.46. The van der Waals surface area contributed by atoms with Crippen LogP contribution < -0.4 is 5.43 Å². The summed E-state index contributed by atoms with van der Waals surface area (Å²) in [6, 6.07) is 2.88. The largest absolute Gasteiger partial charge is 0.465 e. The quantitative estimate of drug-likeness (QED) is 0.810. The van der Waals surface area contributed by atoms with Crippen molar-refractivity contribution in [1.29, 1.82) is 0 Å². The number of carbonyl (C=O) groups is 1. The number of benzene rings is 1. The zero-order valence-electron chi connectivity index (χ0n) is 11.4. The van der Waals surface area contributed by atoms with Gasteiger partial charge < -0.3 is 9.30 Å². The first-order valence-corrected chi connectivity index (χ1v) is 6.67. The van der Waals surface area contributed by atoms with Gasteiger partial charge >= 0.3 is 12.1 Å². The van der Waals surface area contributed by atoms with Gasteiger partial charge in [0.15, 0.2) is 5.43 Å². The van der Waals surface area contributed by atoms with E-state index in [0.717, 1.165) is 18.2 Å². The lowest BCUT2D eigenvalue weighted by molar-refractivity contribution is -0.143. The predicted octanol–water partition coefficient (Wildman–Crippen LogP) is 3.24. The van der Waals surface area contributed by atoms with Crippen molar-refractivity contribution in [3.63, 3.8) is 0 Å². The second-order valence-corrected chi connectivity index (χ2v) is 4.87. The van der Waals surface area contributed by atoms with E-state index in [0.29, 0.717) is 0 Å². The van der Waals surface area contributed by atoms with Crippen LogP contribution in [-0.2, 0) is 22.3 Å². The summed E-state index contributed by atoms with van der Waals surface area (Å²) in [5.41, 5.74) is -1.58. The molecular formula is C14H11ClF3NO3. The highest BCUT2D eigenvalue weighted by Crippen LogP contribution is 2.36. The molecule has 0 N–H and O–H groups in total. The number of esters is 1. The second kappa shape index (κ2) is 6.00. The molecule has 0 atom stereocenters. The third-order valence-corrected chi connectivity index (χ3v) is 3.29. The smallest absolute Gasteiger partial charge is 0.417 e. The molecule has 0 fully saturated rings. The fourth-order valence-corrected chi connectivity index (χ4v) is 2.30. The van der Waals surface area contributed by atoms with Gasteiger partial charge in [-0.05, 0) is 19.1 Å². The molecule has 0 spiro atoms. The molecule has 8 heteroatoms. The lowest BCUT2D eigenvalue weighted by Crippen LogP contribution is -2.17. The van der Waals surface area contributed by atoms with Crippen molar-refractivity contribution in [2.24, 2.45) is 0 Å². The zero-order valence-corrected chi connectivity index (χ0v) is 12.2. The van der Waals surface area contributed by atoms with E-state index in [1.165, 1.54) is 10.8 Å². The number of rotatable bonds is 3. The van der Waals surface area contributed by atoms with Gasteiger partial charge in [0, 0.05) is 17.6 Å². The lowest BCUT2D eigenvalue weighted by Gasteiger charge is -2.14. The molecule has 0 aliphatic carbocycles. The number of nitrogens with zero attached hydrogens (tertiary/aromatic N) is 1. The average molecular weight is 334 g/mol. The van der Waals surface area contributed by atoms with E-state index in [2.05, 4.69) is 0 Å². The minimum absolute atomic E-state index is 0.00444. The van der Waals surface area contributed by atoms with Gasteiger partial charge in [0.1, 0.15) is 6.54 Å². The van der Waals surface area contributed by atoms with E-state index >= 15 is 0 Å². The van der Waals surface area contributed by atoms with Crippen LogP contribution in [0.15, 0.2) is 29.2 Å². The Labute approximate surface area is 128 Å². The predicted molar refractivity (Wildman–Crippen MR) is 74.9 cm³/mol. The molecule has 0 unspecified atom stereocenters. The first kappa shape index (κ1) is 16.4. The van der Waals surface area contributed by atoms with Crippen molar-refractivity contribution in [2.45, 2.75) is 19.6 Å². The van der Waals surface area contributed by atoms with Crippen molar-refractivity contribution in [3.8, 4) is 0 Å². The number of halogens is 4. The topological polar surface area (TPSA) is 48.3 Å². The summed E-state index contributed by atoms with van der Waals surface area (Å²) in [5, 5.41) is -0.559. The number of pyridine rings is 1. The average Bonchev–Trinajstić information content (AvgIpc) is 2.41. The van der Waals surface area contributed by atoms with Crippen LogP contribution in [0, 0.1) is 0 Å². The van der Waals surface area contributed by atoms with E-state index < -0.39 is 28.2 Å². The van der Waals surface area contributed by atoms with Crippen LogP contribution in [0.1, 0.15) is 12.5 Å². The van der Waals surface area contributed by atoms with E-state index in [9.17, 15) is 22.8 Å². The maximum atomic E-state index is 12.9. The fourth-order valence-electron chi connectivity index (χ4n) is 2.03. The first-order chi connectivity index (χ1) is 10.2. The number of fused-ring (bicyclic) bond motifs is 1. The van der Waals surface area contributed by atoms with Crippen molar-refractivity contribution >= 4 is 28.5 Å². The van der Waals surface area contributed by atoms with Crippen molar-refractivity contribution in [2.75, 3.05) is 6.61 Å². The van der Waals surface area contributed by atoms with Crippen LogP contribution in [0.2, 0.25) is 5.02 Å². The highest BCUT2D eigenvalue weighted by Gasteiger charge is 2.34. The Balaban J connectivity index is 2.66. The van der Waals surface area contributed by atoms with Crippen LogP contribution in [0.3, 0.4) is 0 Å². The minimum atomic E-state index is -4.66. The molecule has 22 heavy (non-hydrogen) atoms. The van der Waals surface area contributed by atoms with Gasteiger partial charge in [0.05, 0.1) is 22.7 Å². The Morgan fingerprint density at radius 3 is 2.64 bits per heavy atom. The van der Waals surface area contributed by atoms with Gasteiger partial charge in [-0.3, -0.25) is 9.59 Å². The first-order valence-electron chi connectivity index (χ1n) is 6.29. The minimum Gasteiger partial charge on any atom is -0.465 e. The Morgan fingerprint density at radius 1 is 1.36 bits per heavy atom. The standard InChI is InChI=1S/C14H11ClF3NO3/c1-2-22-13(21)7-19-4-3-12(20)8-5-10(15)9(6-11(8)19)14(16,17)18/h3-6H,2,7H2,1H3. The summed E-state index contributed by atoms with van der Waals surface area (Å²) in [6.45, 7) is 1.46. The van der Waals surface area contributed by atoms with E-state index in [1.807, 2.05) is 0 Å². The molecule has 0 saturated heterocycles. The van der Waals surface area contributed by atoms with Crippen LogP contribution >= 0.6 is 11.6 Å². The molecule has 1 aromatic carbocycles. The number of hydrogen-bond donors (Lipinski definition) is 0. The summed E-state index contributed by atoms with van der Waals surface area (Å²) in [7, 11) is 0.